The quantitative estimate of drug-likeness (QED) is 0.490. The van der Waals surface area contributed by atoms with E-state index < -0.39 is 33.5 Å². The SMILES string of the molecule is CC(O)Cc1cc(F)c(-c2cc(C(N)=O)c(Nc3cccc(S(C)(=O)=O)n3)s2)c(F)c1. The summed E-state index contributed by atoms with van der Waals surface area (Å²) in [6.45, 7) is 1.51. The smallest absolute Gasteiger partial charge is 0.251 e. The lowest BCUT2D eigenvalue weighted by Gasteiger charge is -2.08. The van der Waals surface area contributed by atoms with Crippen LogP contribution in [-0.2, 0) is 16.3 Å². The highest BCUT2D eigenvalue weighted by atomic mass is 32.2. The van der Waals surface area contributed by atoms with Crippen molar-refractivity contribution in [2.24, 2.45) is 5.73 Å². The van der Waals surface area contributed by atoms with Gasteiger partial charge in [-0.1, -0.05) is 6.07 Å². The number of aromatic nitrogens is 1. The summed E-state index contributed by atoms with van der Waals surface area (Å²) in [4.78, 5) is 16.0. The van der Waals surface area contributed by atoms with Crippen molar-refractivity contribution in [3.63, 3.8) is 0 Å². The number of aliphatic hydroxyl groups excluding tert-OH is 1. The van der Waals surface area contributed by atoms with Crippen LogP contribution in [0.25, 0.3) is 10.4 Å². The molecule has 0 spiro atoms. The van der Waals surface area contributed by atoms with Gasteiger partial charge in [-0.2, -0.15) is 0 Å². The van der Waals surface area contributed by atoms with Gasteiger partial charge in [0.2, 0.25) is 0 Å². The van der Waals surface area contributed by atoms with Crippen molar-refractivity contribution in [2.75, 3.05) is 11.6 Å². The summed E-state index contributed by atoms with van der Waals surface area (Å²) >= 11 is 0.866. The number of hydrogen-bond donors (Lipinski definition) is 3. The zero-order chi connectivity index (χ0) is 22.9. The molecule has 0 saturated carbocycles. The van der Waals surface area contributed by atoms with Crippen LogP contribution in [0.5, 0.6) is 0 Å². The summed E-state index contributed by atoms with van der Waals surface area (Å²) in [5, 5.41) is 12.2. The number of pyridine rings is 1. The highest BCUT2D eigenvalue weighted by molar-refractivity contribution is 7.90. The Morgan fingerprint density at radius 1 is 1.26 bits per heavy atom. The normalized spacial score (nSPS) is 12.5. The Kier molecular flexibility index (Phi) is 6.39. The molecule has 1 atom stereocenters. The third-order valence-corrected chi connectivity index (χ3v) is 6.28. The van der Waals surface area contributed by atoms with Gasteiger partial charge in [-0.3, -0.25) is 4.79 Å². The molecule has 0 aliphatic heterocycles. The Bertz CT molecular complexity index is 1230. The van der Waals surface area contributed by atoms with Crippen molar-refractivity contribution < 1.29 is 27.1 Å². The number of nitrogens with one attached hydrogen (secondary N) is 1. The van der Waals surface area contributed by atoms with Crippen molar-refractivity contribution in [1.82, 2.24) is 4.98 Å². The molecule has 0 radical (unpaired) electrons. The number of amides is 1. The number of hydrogen-bond acceptors (Lipinski definition) is 7. The van der Waals surface area contributed by atoms with E-state index in [2.05, 4.69) is 10.3 Å². The van der Waals surface area contributed by atoms with Gasteiger partial charge in [-0.25, -0.2) is 22.2 Å². The minimum Gasteiger partial charge on any atom is -0.393 e. The van der Waals surface area contributed by atoms with Crippen LogP contribution in [0.2, 0.25) is 0 Å². The minimum atomic E-state index is -3.56. The zero-order valence-corrected chi connectivity index (χ0v) is 18.2. The molecule has 0 aliphatic carbocycles. The Hall–Kier alpha value is -2.89. The second kappa shape index (κ2) is 8.69. The third kappa shape index (κ3) is 5.24. The molecule has 7 nitrogen and oxygen atoms in total. The third-order valence-electron chi connectivity index (χ3n) is 4.22. The molecule has 1 aromatic carbocycles. The topological polar surface area (TPSA) is 122 Å². The van der Waals surface area contributed by atoms with E-state index in [1.807, 2.05) is 0 Å². The Balaban J connectivity index is 2.03. The average molecular weight is 468 g/mol. The first-order chi connectivity index (χ1) is 14.5. The van der Waals surface area contributed by atoms with Crippen LogP contribution in [-0.4, -0.2) is 36.8 Å². The van der Waals surface area contributed by atoms with Crippen LogP contribution in [0.1, 0.15) is 22.8 Å². The molecule has 0 bridgehead atoms. The number of nitrogens with two attached hydrogens (primary N) is 1. The number of sulfone groups is 1. The van der Waals surface area contributed by atoms with Crippen LogP contribution in [0, 0.1) is 11.6 Å². The molecular weight excluding hydrogens is 448 g/mol. The molecule has 3 aromatic rings. The molecule has 11 heteroatoms. The lowest BCUT2D eigenvalue weighted by molar-refractivity contribution is 0.100. The molecule has 2 aromatic heterocycles. The number of rotatable bonds is 7. The number of thiophene rings is 1. The van der Waals surface area contributed by atoms with Crippen LogP contribution < -0.4 is 11.1 Å². The highest BCUT2D eigenvalue weighted by Crippen LogP contribution is 2.39. The van der Waals surface area contributed by atoms with Gasteiger partial charge in [-0.15, -0.1) is 11.3 Å². The predicted octanol–water partition coefficient (Wildman–Crippen LogP) is 3.26. The molecule has 31 heavy (non-hydrogen) atoms. The molecule has 0 saturated heterocycles. The molecule has 1 unspecified atom stereocenters. The fourth-order valence-electron chi connectivity index (χ4n) is 2.92. The van der Waals surface area contributed by atoms with Crippen LogP contribution >= 0.6 is 11.3 Å². The van der Waals surface area contributed by atoms with E-state index >= 15 is 0 Å². The van der Waals surface area contributed by atoms with E-state index in [0.29, 0.717) is 5.56 Å². The molecule has 164 valence electrons. The van der Waals surface area contributed by atoms with E-state index in [1.165, 1.54) is 31.2 Å². The summed E-state index contributed by atoms with van der Waals surface area (Å²) in [6, 6.07) is 7.76. The maximum absolute atomic E-state index is 14.7. The van der Waals surface area contributed by atoms with Crippen molar-refractivity contribution in [1.29, 1.82) is 0 Å². The Labute approximate surface area is 181 Å². The number of benzene rings is 1. The van der Waals surface area contributed by atoms with E-state index in [-0.39, 0.29) is 38.3 Å². The molecule has 0 fully saturated rings. The first-order valence-electron chi connectivity index (χ1n) is 9.00. The highest BCUT2D eigenvalue weighted by Gasteiger charge is 2.21. The summed E-state index contributed by atoms with van der Waals surface area (Å²) < 4.78 is 52.8. The molecule has 0 aliphatic rings. The van der Waals surface area contributed by atoms with E-state index in [9.17, 15) is 27.1 Å². The van der Waals surface area contributed by atoms with E-state index in [0.717, 1.165) is 29.7 Å². The maximum Gasteiger partial charge on any atom is 0.251 e. The van der Waals surface area contributed by atoms with Gasteiger partial charge in [0.1, 0.15) is 22.5 Å². The van der Waals surface area contributed by atoms with Crippen LogP contribution in [0.15, 0.2) is 41.4 Å². The molecule has 2 heterocycles. The lowest BCUT2D eigenvalue weighted by Crippen LogP contribution is -2.12. The fraction of sp³-hybridized carbons (Fsp3) is 0.200. The number of aliphatic hydroxyl groups is 1. The molecule has 4 N–H and O–H groups in total. The monoisotopic (exact) mass is 467 g/mol. The van der Waals surface area contributed by atoms with Crippen molar-refractivity contribution >= 4 is 37.9 Å². The molecule has 1 amide bonds. The second-order valence-corrected chi connectivity index (χ2v) is 9.98. The van der Waals surface area contributed by atoms with Crippen LogP contribution in [0.4, 0.5) is 19.6 Å². The van der Waals surface area contributed by atoms with Crippen molar-refractivity contribution in [2.45, 2.75) is 24.5 Å². The first-order valence-corrected chi connectivity index (χ1v) is 11.7. The van der Waals surface area contributed by atoms with Gasteiger partial charge < -0.3 is 16.2 Å². The van der Waals surface area contributed by atoms with E-state index in [1.54, 1.807) is 0 Å². The van der Waals surface area contributed by atoms with Crippen LogP contribution in [0.3, 0.4) is 0 Å². The standard InChI is InChI=1S/C20H19F2N3O4S2/c1-10(26)6-11-7-13(21)18(14(22)8-11)15-9-12(19(23)27)20(30-15)25-16-4-3-5-17(24-16)31(2,28)29/h3-5,7-10,26H,6H2,1-2H3,(H2,23,27)(H,24,25). The predicted molar refractivity (Wildman–Crippen MR) is 114 cm³/mol. The second-order valence-electron chi connectivity index (χ2n) is 6.96. The van der Waals surface area contributed by atoms with Gasteiger partial charge in [-0.05, 0) is 49.2 Å². The molecular formula is C20H19F2N3O4S2. The lowest BCUT2D eigenvalue weighted by atomic mass is 10.0. The number of primary amides is 1. The summed E-state index contributed by atoms with van der Waals surface area (Å²) in [7, 11) is -3.56. The van der Waals surface area contributed by atoms with Crippen molar-refractivity contribution in [3.05, 3.63) is 59.2 Å². The largest absolute Gasteiger partial charge is 0.393 e. The number of halogens is 2. The summed E-state index contributed by atoms with van der Waals surface area (Å²) in [6.07, 6.45) is 0.323. The van der Waals surface area contributed by atoms with Gasteiger partial charge in [0.15, 0.2) is 14.9 Å². The first kappa shape index (κ1) is 22.8. The maximum atomic E-state index is 14.7. The Morgan fingerprint density at radius 3 is 2.45 bits per heavy atom. The molecule has 3 rings (SSSR count). The van der Waals surface area contributed by atoms with Crippen molar-refractivity contribution in [3.8, 4) is 10.4 Å². The van der Waals surface area contributed by atoms with Gasteiger partial charge >= 0.3 is 0 Å². The number of carbonyl (C=O) groups is 1. The zero-order valence-electron chi connectivity index (χ0n) is 16.5. The summed E-state index contributed by atoms with van der Waals surface area (Å²) in [5.41, 5.74) is 5.33. The van der Waals surface area contributed by atoms with Gasteiger partial charge in [0.25, 0.3) is 5.91 Å². The van der Waals surface area contributed by atoms with Gasteiger partial charge in [0.05, 0.1) is 17.2 Å². The summed E-state index contributed by atoms with van der Waals surface area (Å²) in [5.74, 6) is -2.42. The fourth-order valence-corrected chi connectivity index (χ4v) is 4.63. The average Bonchev–Trinajstić information content (AvgIpc) is 3.03. The minimum absolute atomic E-state index is 0.0292. The number of nitrogens with zero attached hydrogens (tertiary/aromatic N) is 1. The number of carbonyl (C=O) groups excluding carboxylic acids is 1. The van der Waals surface area contributed by atoms with E-state index in [4.69, 9.17) is 5.73 Å². The Morgan fingerprint density at radius 2 is 1.90 bits per heavy atom. The van der Waals surface area contributed by atoms with Gasteiger partial charge in [0, 0.05) is 11.1 Å². The number of anilines is 2.